The van der Waals surface area contributed by atoms with Crippen LogP contribution in [0, 0.1) is 6.92 Å². The minimum atomic E-state index is 0.662. The van der Waals surface area contributed by atoms with Crippen molar-refractivity contribution in [3.8, 4) is 0 Å². The monoisotopic (exact) mass is 218 g/mol. The molecule has 0 aromatic heterocycles. The van der Waals surface area contributed by atoms with Gasteiger partial charge in [-0.05, 0) is 66.7 Å². The Bertz CT molecular complexity index is 260. The summed E-state index contributed by atoms with van der Waals surface area (Å²) < 4.78 is 0. The van der Waals surface area contributed by atoms with Crippen LogP contribution in [0.2, 0.25) is 0 Å². The van der Waals surface area contributed by atoms with Gasteiger partial charge in [-0.2, -0.15) is 0 Å². The Balaban J connectivity index is 3.79. The first kappa shape index (κ1) is 15.2. The number of rotatable bonds is 7. The average molecular weight is 218 g/mol. The standard InChI is InChI=1S/C16H26/c1-6-9-15(4)12-8-13-16(5)11-7-10-14(2)3/h1,9-10,13H,6-8,11-12H2,2-5H3/b15-9+,16-13+. The summed E-state index contributed by atoms with van der Waals surface area (Å²) in [4.78, 5) is 0. The van der Waals surface area contributed by atoms with E-state index in [1.165, 1.54) is 29.6 Å². The molecule has 0 aromatic carbocycles. The van der Waals surface area contributed by atoms with Crippen molar-refractivity contribution in [2.24, 2.45) is 0 Å². The van der Waals surface area contributed by atoms with Crippen LogP contribution in [-0.2, 0) is 0 Å². The van der Waals surface area contributed by atoms with Crippen molar-refractivity contribution in [1.82, 2.24) is 0 Å². The molecular weight excluding hydrogens is 192 g/mol. The fraction of sp³-hybridized carbons (Fsp3) is 0.562. The zero-order valence-electron chi connectivity index (χ0n) is 11.3. The lowest BCUT2D eigenvalue weighted by atomic mass is 10.1. The smallest absolute Gasteiger partial charge is 0.0288 e. The Labute approximate surface area is 102 Å². The summed E-state index contributed by atoms with van der Waals surface area (Å²) in [5.41, 5.74) is 4.31. The minimum absolute atomic E-state index is 0.662. The van der Waals surface area contributed by atoms with Crippen LogP contribution in [0.3, 0.4) is 0 Å². The minimum Gasteiger partial charge on any atom is -0.0856 e. The first-order valence-corrected chi connectivity index (χ1v) is 6.21. The molecule has 2 radical (unpaired) electrons. The van der Waals surface area contributed by atoms with Crippen molar-refractivity contribution in [1.29, 1.82) is 0 Å². The summed E-state index contributed by atoms with van der Waals surface area (Å²) in [6.45, 7) is 14.1. The van der Waals surface area contributed by atoms with Gasteiger partial charge in [-0.25, -0.2) is 0 Å². The fourth-order valence-corrected chi connectivity index (χ4v) is 1.54. The highest BCUT2D eigenvalue weighted by Gasteiger charge is 1.91. The summed E-state index contributed by atoms with van der Waals surface area (Å²) in [5.74, 6) is 0. The number of hydrogen-bond donors (Lipinski definition) is 0. The average Bonchev–Trinajstić information content (AvgIpc) is 2.17. The van der Waals surface area contributed by atoms with Crippen LogP contribution >= 0.6 is 0 Å². The largest absolute Gasteiger partial charge is 0.0856 e. The molecule has 0 aliphatic rings. The second kappa shape index (κ2) is 9.45. The number of allylic oxidation sites excluding steroid dienone is 6. The van der Waals surface area contributed by atoms with E-state index in [0.29, 0.717) is 6.42 Å². The zero-order chi connectivity index (χ0) is 12.4. The molecule has 0 amide bonds. The van der Waals surface area contributed by atoms with E-state index in [2.05, 4.69) is 45.9 Å². The maximum Gasteiger partial charge on any atom is -0.0288 e. The Morgan fingerprint density at radius 2 is 1.31 bits per heavy atom. The van der Waals surface area contributed by atoms with Gasteiger partial charge in [0.05, 0.1) is 0 Å². The third-order valence-corrected chi connectivity index (χ3v) is 2.59. The SMILES string of the molecule is [CH]C/C=C(\C)CC/C=C(\C)CCC=C(C)C. The molecule has 0 aliphatic heterocycles. The van der Waals surface area contributed by atoms with Gasteiger partial charge in [-0.15, -0.1) is 0 Å². The summed E-state index contributed by atoms with van der Waals surface area (Å²) >= 11 is 0. The van der Waals surface area contributed by atoms with Crippen LogP contribution in [0.15, 0.2) is 34.9 Å². The van der Waals surface area contributed by atoms with Gasteiger partial charge in [0.2, 0.25) is 0 Å². The van der Waals surface area contributed by atoms with Gasteiger partial charge in [0.25, 0.3) is 0 Å². The van der Waals surface area contributed by atoms with Gasteiger partial charge in [-0.3, -0.25) is 0 Å². The first-order chi connectivity index (χ1) is 7.56. The van der Waals surface area contributed by atoms with Crippen molar-refractivity contribution in [3.05, 3.63) is 41.9 Å². The quantitative estimate of drug-likeness (QED) is 0.494. The molecule has 0 nitrogen and oxygen atoms in total. The lowest BCUT2D eigenvalue weighted by molar-refractivity contribution is 0.915. The Kier molecular flexibility index (Phi) is 8.99. The maximum absolute atomic E-state index is 5.46. The van der Waals surface area contributed by atoms with Crippen molar-refractivity contribution in [3.63, 3.8) is 0 Å². The van der Waals surface area contributed by atoms with E-state index in [-0.39, 0.29) is 0 Å². The molecule has 0 spiro atoms. The van der Waals surface area contributed by atoms with Gasteiger partial charge < -0.3 is 0 Å². The highest BCUT2D eigenvalue weighted by molar-refractivity contribution is 5.05. The number of hydrogen-bond acceptors (Lipinski definition) is 0. The van der Waals surface area contributed by atoms with E-state index in [9.17, 15) is 0 Å². The van der Waals surface area contributed by atoms with Crippen LogP contribution in [0.25, 0.3) is 0 Å². The molecule has 0 heteroatoms. The summed E-state index contributed by atoms with van der Waals surface area (Å²) in [6, 6.07) is 0. The summed E-state index contributed by atoms with van der Waals surface area (Å²) in [7, 11) is 0. The summed E-state index contributed by atoms with van der Waals surface area (Å²) in [6.07, 6.45) is 12.1. The van der Waals surface area contributed by atoms with E-state index in [4.69, 9.17) is 6.92 Å². The highest BCUT2D eigenvalue weighted by atomic mass is 14.0. The van der Waals surface area contributed by atoms with Crippen LogP contribution in [0.4, 0.5) is 0 Å². The Morgan fingerprint density at radius 3 is 1.81 bits per heavy atom. The van der Waals surface area contributed by atoms with E-state index in [1.807, 2.05) is 0 Å². The Morgan fingerprint density at radius 1 is 0.812 bits per heavy atom. The van der Waals surface area contributed by atoms with Crippen molar-refractivity contribution in [2.75, 3.05) is 0 Å². The molecule has 0 bridgehead atoms. The molecule has 0 heterocycles. The van der Waals surface area contributed by atoms with E-state index in [1.54, 1.807) is 0 Å². The fourth-order valence-electron chi connectivity index (χ4n) is 1.54. The van der Waals surface area contributed by atoms with Gasteiger partial charge in [0.1, 0.15) is 0 Å². The predicted molar refractivity (Wildman–Crippen MR) is 74.3 cm³/mol. The van der Waals surface area contributed by atoms with Crippen molar-refractivity contribution in [2.45, 2.75) is 59.8 Å². The predicted octanol–water partition coefficient (Wildman–Crippen LogP) is 5.51. The maximum atomic E-state index is 5.46. The molecule has 0 N–H and O–H groups in total. The lowest BCUT2D eigenvalue weighted by Gasteiger charge is -2.00. The van der Waals surface area contributed by atoms with Gasteiger partial charge in [0.15, 0.2) is 0 Å². The summed E-state index contributed by atoms with van der Waals surface area (Å²) in [5, 5.41) is 0. The topological polar surface area (TPSA) is 0 Å². The molecule has 90 valence electrons. The van der Waals surface area contributed by atoms with Gasteiger partial charge in [-0.1, -0.05) is 34.9 Å². The van der Waals surface area contributed by atoms with Crippen LogP contribution < -0.4 is 0 Å². The molecule has 0 atom stereocenters. The van der Waals surface area contributed by atoms with E-state index in [0.717, 1.165) is 12.8 Å². The second-order valence-corrected chi connectivity index (χ2v) is 4.70. The second-order valence-electron chi connectivity index (χ2n) is 4.70. The van der Waals surface area contributed by atoms with Gasteiger partial charge in [0, 0.05) is 0 Å². The van der Waals surface area contributed by atoms with Crippen LogP contribution in [0.1, 0.15) is 59.8 Å². The molecule has 0 aromatic rings. The van der Waals surface area contributed by atoms with E-state index < -0.39 is 0 Å². The van der Waals surface area contributed by atoms with Crippen molar-refractivity contribution < 1.29 is 0 Å². The molecule has 0 aliphatic carbocycles. The molecular formula is C16H26. The lowest BCUT2D eigenvalue weighted by Crippen LogP contribution is -1.80. The molecule has 0 saturated heterocycles. The van der Waals surface area contributed by atoms with Gasteiger partial charge >= 0.3 is 0 Å². The normalized spacial score (nSPS) is 12.8. The highest BCUT2D eigenvalue weighted by Crippen LogP contribution is 2.11. The zero-order valence-corrected chi connectivity index (χ0v) is 11.3. The molecule has 0 rings (SSSR count). The van der Waals surface area contributed by atoms with Crippen LogP contribution in [0.5, 0.6) is 0 Å². The molecule has 0 unspecified atom stereocenters. The molecule has 0 fully saturated rings. The third kappa shape index (κ3) is 9.76. The molecule has 0 saturated carbocycles. The van der Waals surface area contributed by atoms with Crippen molar-refractivity contribution >= 4 is 0 Å². The molecule has 16 heavy (non-hydrogen) atoms. The first-order valence-electron chi connectivity index (χ1n) is 6.21. The Hall–Kier alpha value is -0.780. The third-order valence-electron chi connectivity index (χ3n) is 2.59. The van der Waals surface area contributed by atoms with Crippen LogP contribution in [-0.4, -0.2) is 0 Å². The van der Waals surface area contributed by atoms with E-state index >= 15 is 0 Å².